The van der Waals surface area contributed by atoms with E-state index in [1.165, 1.54) is 11.8 Å². The van der Waals surface area contributed by atoms with Crippen LogP contribution in [0.1, 0.15) is 37.0 Å². The van der Waals surface area contributed by atoms with Crippen molar-refractivity contribution < 1.29 is 14.7 Å². The normalized spacial score (nSPS) is 11.9. The van der Waals surface area contributed by atoms with Crippen molar-refractivity contribution in [2.24, 2.45) is 0 Å². The van der Waals surface area contributed by atoms with Crippen molar-refractivity contribution in [1.82, 2.24) is 5.32 Å². The van der Waals surface area contributed by atoms with Gasteiger partial charge in [-0.15, -0.1) is 11.8 Å². The predicted molar refractivity (Wildman–Crippen MR) is 76.6 cm³/mol. The second-order valence-electron chi connectivity index (χ2n) is 4.38. The Hall–Kier alpha value is -1.49. The Balaban J connectivity index is 2.39. The van der Waals surface area contributed by atoms with Crippen LogP contribution in [0.4, 0.5) is 0 Å². The fraction of sp³-hybridized carbons (Fsp3) is 0.429. The summed E-state index contributed by atoms with van der Waals surface area (Å²) in [6.45, 7) is 4.08. The molecule has 104 valence electrons. The van der Waals surface area contributed by atoms with Crippen molar-refractivity contribution in [3.63, 3.8) is 0 Å². The molecule has 19 heavy (non-hydrogen) atoms. The summed E-state index contributed by atoms with van der Waals surface area (Å²) < 4.78 is 0. The van der Waals surface area contributed by atoms with E-state index in [0.29, 0.717) is 5.75 Å². The zero-order valence-electron chi connectivity index (χ0n) is 11.2. The standard InChI is InChI=1S/C14H19NO3S/c1-3-4-10(2)15-13(16)9-19-12-7-5-11(6-8-12)14(17)18/h5-8,10H,3-4,9H2,1-2H3,(H,15,16)(H,17,18). The Labute approximate surface area is 117 Å². The number of benzene rings is 1. The first-order valence-electron chi connectivity index (χ1n) is 6.28. The summed E-state index contributed by atoms with van der Waals surface area (Å²) >= 11 is 1.40. The summed E-state index contributed by atoms with van der Waals surface area (Å²) in [5.41, 5.74) is 0.255. The molecule has 0 aromatic heterocycles. The largest absolute Gasteiger partial charge is 0.478 e. The van der Waals surface area contributed by atoms with Gasteiger partial charge in [0.15, 0.2) is 0 Å². The van der Waals surface area contributed by atoms with E-state index in [4.69, 9.17) is 5.11 Å². The molecule has 0 bridgehead atoms. The lowest BCUT2D eigenvalue weighted by molar-refractivity contribution is -0.119. The highest BCUT2D eigenvalue weighted by Crippen LogP contribution is 2.18. The monoisotopic (exact) mass is 281 g/mol. The maximum atomic E-state index is 11.7. The number of thioether (sulfide) groups is 1. The van der Waals surface area contributed by atoms with Crippen molar-refractivity contribution >= 4 is 23.6 Å². The van der Waals surface area contributed by atoms with Crippen LogP contribution in [0.3, 0.4) is 0 Å². The minimum absolute atomic E-state index is 0.00765. The third-order valence-corrected chi connectivity index (χ3v) is 3.61. The fourth-order valence-corrected chi connectivity index (χ4v) is 2.37. The van der Waals surface area contributed by atoms with E-state index < -0.39 is 5.97 Å². The third kappa shape index (κ3) is 5.79. The van der Waals surface area contributed by atoms with Gasteiger partial charge < -0.3 is 10.4 Å². The maximum absolute atomic E-state index is 11.7. The molecule has 0 heterocycles. The number of rotatable bonds is 7. The number of carboxylic acid groups (broad SMARTS) is 1. The second-order valence-corrected chi connectivity index (χ2v) is 5.42. The van der Waals surface area contributed by atoms with Crippen LogP contribution in [0.5, 0.6) is 0 Å². The Morgan fingerprint density at radius 1 is 1.32 bits per heavy atom. The number of nitrogens with one attached hydrogen (secondary N) is 1. The van der Waals surface area contributed by atoms with Crippen molar-refractivity contribution in [2.75, 3.05) is 5.75 Å². The molecule has 0 spiro atoms. The summed E-state index contributed by atoms with van der Waals surface area (Å²) in [7, 11) is 0. The van der Waals surface area contributed by atoms with Gasteiger partial charge in [0.05, 0.1) is 11.3 Å². The van der Waals surface area contributed by atoms with E-state index >= 15 is 0 Å². The molecule has 1 unspecified atom stereocenters. The van der Waals surface area contributed by atoms with E-state index in [9.17, 15) is 9.59 Å². The summed E-state index contributed by atoms with van der Waals surface area (Å²) in [4.78, 5) is 23.2. The van der Waals surface area contributed by atoms with Gasteiger partial charge in [0.2, 0.25) is 5.91 Å². The van der Waals surface area contributed by atoms with E-state index in [1.54, 1.807) is 24.3 Å². The van der Waals surface area contributed by atoms with Crippen molar-refractivity contribution in [3.8, 4) is 0 Å². The quantitative estimate of drug-likeness (QED) is 0.754. The topological polar surface area (TPSA) is 66.4 Å². The number of carboxylic acids is 1. The smallest absolute Gasteiger partial charge is 0.335 e. The fourth-order valence-electron chi connectivity index (χ4n) is 1.66. The first-order chi connectivity index (χ1) is 9.02. The molecule has 0 saturated carbocycles. The number of carbonyl (C=O) groups is 2. The summed E-state index contributed by atoms with van der Waals surface area (Å²) in [5, 5.41) is 11.7. The third-order valence-electron chi connectivity index (χ3n) is 2.60. The molecule has 0 aliphatic rings. The van der Waals surface area contributed by atoms with Crippen LogP contribution in [-0.2, 0) is 4.79 Å². The molecule has 0 saturated heterocycles. The maximum Gasteiger partial charge on any atom is 0.335 e. The number of hydrogen-bond donors (Lipinski definition) is 2. The SMILES string of the molecule is CCCC(C)NC(=O)CSc1ccc(C(=O)O)cc1. The Bertz CT molecular complexity index is 431. The van der Waals surface area contributed by atoms with Gasteiger partial charge >= 0.3 is 5.97 Å². The molecule has 1 rings (SSSR count). The molecule has 4 nitrogen and oxygen atoms in total. The van der Waals surface area contributed by atoms with Crippen molar-refractivity contribution in [1.29, 1.82) is 0 Å². The summed E-state index contributed by atoms with van der Waals surface area (Å²) in [5.74, 6) is -0.587. The van der Waals surface area contributed by atoms with Crippen molar-refractivity contribution in [2.45, 2.75) is 37.6 Å². The molecule has 0 aliphatic carbocycles. The van der Waals surface area contributed by atoms with Gasteiger partial charge in [0.25, 0.3) is 0 Å². The molecule has 1 amide bonds. The molecule has 0 radical (unpaired) electrons. The lowest BCUT2D eigenvalue weighted by atomic mass is 10.2. The zero-order valence-corrected chi connectivity index (χ0v) is 12.0. The number of amides is 1. The van der Waals surface area contributed by atoms with Gasteiger partial charge in [-0.05, 0) is 37.6 Å². The zero-order chi connectivity index (χ0) is 14.3. The molecular formula is C14H19NO3S. The molecule has 1 aromatic rings. The average Bonchev–Trinajstić information content (AvgIpc) is 2.37. The van der Waals surface area contributed by atoms with Gasteiger partial charge in [-0.1, -0.05) is 13.3 Å². The summed E-state index contributed by atoms with van der Waals surface area (Å²) in [6, 6.07) is 6.73. The molecule has 2 N–H and O–H groups in total. The van der Waals surface area contributed by atoms with Crippen LogP contribution < -0.4 is 5.32 Å². The van der Waals surface area contributed by atoms with Crippen LogP contribution in [0.2, 0.25) is 0 Å². The lowest BCUT2D eigenvalue weighted by Crippen LogP contribution is -2.33. The van der Waals surface area contributed by atoms with Crippen molar-refractivity contribution in [3.05, 3.63) is 29.8 Å². The van der Waals surface area contributed by atoms with E-state index in [-0.39, 0.29) is 17.5 Å². The first-order valence-corrected chi connectivity index (χ1v) is 7.27. The van der Waals surface area contributed by atoms with Gasteiger partial charge in [-0.3, -0.25) is 4.79 Å². The Morgan fingerprint density at radius 2 is 1.95 bits per heavy atom. The highest BCUT2D eigenvalue weighted by atomic mass is 32.2. The highest BCUT2D eigenvalue weighted by molar-refractivity contribution is 8.00. The first kappa shape index (κ1) is 15.6. The number of hydrogen-bond acceptors (Lipinski definition) is 3. The lowest BCUT2D eigenvalue weighted by Gasteiger charge is -2.12. The number of carbonyl (C=O) groups excluding carboxylic acids is 1. The average molecular weight is 281 g/mol. The minimum atomic E-state index is -0.942. The van der Waals surface area contributed by atoms with E-state index in [1.807, 2.05) is 6.92 Å². The molecule has 1 aromatic carbocycles. The van der Waals surface area contributed by atoms with Gasteiger partial charge in [0, 0.05) is 10.9 Å². The number of aromatic carboxylic acids is 1. The van der Waals surface area contributed by atoms with Gasteiger partial charge in [-0.2, -0.15) is 0 Å². The van der Waals surface area contributed by atoms with Crippen LogP contribution in [-0.4, -0.2) is 28.8 Å². The molecule has 0 aliphatic heterocycles. The van der Waals surface area contributed by atoms with Crippen LogP contribution in [0.25, 0.3) is 0 Å². The van der Waals surface area contributed by atoms with Gasteiger partial charge in [-0.25, -0.2) is 4.79 Å². The van der Waals surface area contributed by atoms with E-state index in [2.05, 4.69) is 12.2 Å². The molecular weight excluding hydrogens is 262 g/mol. The summed E-state index contributed by atoms with van der Waals surface area (Å²) in [6.07, 6.45) is 2.02. The highest BCUT2D eigenvalue weighted by Gasteiger charge is 2.07. The van der Waals surface area contributed by atoms with Crippen LogP contribution in [0, 0.1) is 0 Å². The second kappa shape index (κ2) is 7.84. The Kier molecular flexibility index (Phi) is 6.42. The Morgan fingerprint density at radius 3 is 2.47 bits per heavy atom. The predicted octanol–water partition coefficient (Wildman–Crippen LogP) is 2.78. The molecule has 1 atom stereocenters. The minimum Gasteiger partial charge on any atom is -0.478 e. The van der Waals surface area contributed by atoms with Crippen LogP contribution in [0.15, 0.2) is 29.2 Å². The van der Waals surface area contributed by atoms with Crippen LogP contribution >= 0.6 is 11.8 Å². The van der Waals surface area contributed by atoms with Gasteiger partial charge in [0.1, 0.15) is 0 Å². The molecule has 5 heteroatoms. The molecule has 0 fully saturated rings. The van der Waals surface area contributed by atoms with E-state index in [0.717, 1.165) is 17.7 Å².